The highest BCUT2D eigenvalue weighted by Gasteiger charge is 2.06. The fourth-order valence-corrected chi connectivity index (χ4v) is 1.85. The molecule has 21 heavy (non-hydrogen) atoms. The minimum atomic E-state index is -0.107. The molecular formula is C15H19N5O. The van der Waals surface area contributed by atoms with Crippen LogP contribution in [0.3, 0.4) is 0 Å². The summed E-state index contributed by atoms with van der Waals surface area (Å²) in [5.41, 5.74) is 2.85. The molecule has 1 aromatic heterocycles. The molecule has 0 bridgehead atoms. The van der Waals surface area contributed by atoms with Crippen LogP contribution in [0.15, 0.2) is 30.0 Å². The monoisotopic (exact) mass is 285 g/mol. The van der Waals surface area contributed by atoms with E-state index in [2.05, 4.69) is 20.7 Å². The first kappa shape index (κ1) is 14.8. The predicted octanol–water partition coefficient (Wildman–Crippen LogP) is 2.36. The number of benzene rings is 1. The van der Waals surface area contributed by atoms with Gasteiger partial charge in [-0.3, -0.25) is 4.79 Å². The van der Waals surface area contributed by atoms with Crippen molar-refractivity contribution in [3.8, 4) is 0 Å². The number of nitrogens with one attached hydrogen (secondary N) is 2. The second kappa shape index (κ2) is 6.21. The van der Waals surface area contributed by atoms with E-state index in [1.807, 2.05) is 38.1 Å². The Hall–Kier alpha value is -2.63. The Morgan fingerprint density at radius 3 is 2.52 bits per heavy atom. The van der Waals surface area contributed by atoms with Crippen LogP contribution in [0.2, 0.25) is 0 Å². The number of aryl methyl sites for hydroxylation is 2. The first-order chi connectivity index (χ1) is 9.94. The van der Waals surface area contributed by atoms with Crippen molar-refractivity contribution in [2.24, 2.45) is 7.05 Å². The summed E-state index contributed by atoms with van der Waals surface area (Å²) in [6.07, 6.45) is 1.77. The van der Waals surface area contributed by atoms with Gasteiger partial charge in [-0.2, -0.15) is 4.98 Å². The summed E-state index contributed by atoms with van der Waals surface area (Å²) < 4.78 is 1.65. The Kier molecular flexibility index (Phi) is 4.37. The van der Waals surface area contributed by atoms with Crippen LogP contribution in [-0.4, -0.2) is 20.7 Å². The number of aromatic nitrogens is 3. The highest BCUT2D eigenvalue weighted by molar-refractivity contribution is 5.76. The molecule has 6 nitrogen and oxygen atoms in total. The lowest BCUT2D eigenvalue weighted by Gasteiger charge is -2.01. The molecule has 1 amide bonds. The maximum Gasteiger partial charge on any atom is 0.247 e. The Morgan fingerprint density at radius 2 is 1.90 bits per heavy atom. The molecule has 0 fully saturated rings. The van der Waals surface area contributed by atoms with E-state index >= 15 is 0 Å². The number of rotatable bonds is 4. The molecule has 0 aliphatic carbocycles. The highest BCUT2D eigenvalue weighted by Crippen LogP contribution is 2.14. The van der Waals surface area contributed by atoms with Crippen LogP contribution < -0.4 is 10.6 Å². The fraction of sp³-hybridized carbons (Fsp3) is 0.267. The van der Waals surface area contributed by atoms with E-state index in [4.69, 9.17) is 0 Å². The molecule has 0 atom stereocenters. The van der Waals surface area contributed by atoms with Crippen molar-refractivity contribution in [3.63, 3.8) is 0 Å². The van der Waals surface area contributed by atoms with Crippen molar-refractivity contribution < 1.29 is 4.79 Å². The molecule has 0 saturated carbocycles. The summed E-state index contributed by atoms with van der Waals surface area (Å²) in [4.78, 5) is 15.4. The van der Waals surface area contributed by atoms with Crippen molar-refractivity contribution in [2.45, 2.75) is 20.8 Å². The molecule has 0 spiro atoms. The molecule has 2 N–H and O–H groups in total. The molecule has 6 heteroatoms. The van der Waals surface area contributed by atoms with Crippen molar-refractivity contribution >= 4 is 23.6 Å². The molecule has 0 saturated heterocycles. The average Bonchev–Trinajstić information content (AvgIpc) is 2.71. The molecule has 0 aliphatic heterocycles. The van der Waals surface area contributed by atoms with Crippen LogP contribution in [-0.2, 0) is 11.8 Å². The van der Waals surface area contributed by atoms with E-state index in [0.29, 0.717) is 11.8 Å². The van der Waals surface area contributed by atoms with Crippen LogP contribution in [0.25, 0.3) is 6.08 Å². The van der Waals surface area contributed by atoms with Crippen LogP contribution in [0.5, 0.6) is 0 Å². The number of allylic oxidation sites excluding steroid dienone is 1. The van der Waals surface area contributed by atoms with Gasteiger partial charge >= 0.3 is 0 Å². The van der Waals surface area contributed by atoms with Gasteiger partial charge in [-0.15, -0.1) is 5.10 Å². The topological polar surface area (TPSA) is 71.8 Å². The Balaban J connectivity index is 2.15. The summed E-state index contributed by atoms with van der Waals surface area (Å²) in [6.45, 7) is 5.32. The van der Waals surface area contributed by atoms with Crippen LogP contribution in [0, 0.1) is 6.92 Å². The second-order valence-corrected chi connectivity index (χ2v) is 4.92. The summed E-state index contributed by atoms with van der Waals surface area (Å²) in [5.74, 6) is 1.07. The van der Waals surface area contributed by atoms with Crippen LogP contribution in [0.4, 0.5) is 11.6 Å². The van der Waals surface area contributed by atoms with Gasteiger partial charge < -0.3 is 10.6 Å². The van der Waals surface area contributed by atoms with E-state index in [-0.39, 0.29) is 5.91 Å². The predicted molar refractivity (Wildman–Crippen MR) is 82.9 cm³/mol. The number of carbonyl (C=O) groups is 1. The van der Waals surface area contributed by atoms with E-state index < -0.39 is 0 Å². The first-order valence-electron chi connectivity index (χ1n) is 6.64. The van der Waals surface area contributed by atoms with Crippen molar-refractivity contribution in [2.75, 3.05) is 5.32 Å². The van der Waals surface area contributed by atoms with Crippen LogP contribution in [0.1, 0.15) is 25.2 Å². The number of hydrogen-bond donors (Lipinski definition) is 2. The van der Waals surface area contributed by atoms with Gasteiger partial charge in [-0.1, -0.05) is 17.7 Å². The minimum absolute atomic E-state index is 0.107. The number of carbonyl (C=O) groups excluding carboxylic acids is 1. The van der Waals surface area contributed by atoms with Gasteiger partial charge in [-0.25, -0.2) is 4.68 Å². The Morgan fingerprint density at radius 1 is 1.24 bits per heavy atom. The van der Waals surface area contributed by atoms with Gasteiger partial charge in [0.05, 0.1) is 0 Å². The highest BCUT2D eigenvalue weighted by atomic mass is 16.1. The first-order valence-corrected chi connectivity index (χ1v) is 6.64. The minimum Gasteiger partial charge on any atom is -0.330 e. The van der Waals surface area contributed by atoms with Gasteiger partial charge in [0, 0.05) is 31.4 Å². The third-order valence-electron chi connectivity index (χ3n) is 2.82. The molecule has 1 aromatic carbocycles. The number of hydrogen-bond acceptors (Lipinski definition) is 4. The SMILES string of the molecule is CC(=O)N/C(C)=C/c1nc(Nc2ccc(C)cc2)nn1C. The molecule has 0 aliphatic rings. The zero-order valence-electron chi connectivity index (χ0n) is 12.6. The molecule has 110 valence electrons. The zero-order chi connectivity index (χ0) is 15.4. The summed E-state index contributed by atoms with van der Waals surface area (Å²) in [5, 5.41) is 10.1. The smallest absolute Gasteiger partial charge is 0.247 e. The molecule has 1 heterocycles. The third kappa shape index (κ3) is 4.17. The molecule has 0 unspecified atom stereocenters. The summed E-state index contributed by atoms with van der Waals surface area (Å²) in [7, 11) is 1.81. The molecular weight excluding hydrogens is 266 g/mol. The third-order valence-corrected chi connectivity index (χ3v) is 2.82. The fourth-order valence-electron chi connectivity index (χ4n) is 1.85. The van der Waals surface area contributed by atoms with Crippen molar-refractivity contribution in [1.82, 2.24) is 20.1 Å². The van der Waals surface area contributed by atoms with E-state index in [1.165, 1.54) is 12.5 Å². The van der Waals surface area contributed by atoms with Crippen molar-refractivity contribution in [3.05, 3.63) is 41.4 Å². The largest absolute Gasteiger partial charge is 0.330 e. The maximum absolute atomic E-state index is 11.0. The maximum atomic E-state index is 11.0. The van der Waals surface area contributed by atoms with Gasteiger partial charge in [0.2, 0.25) is 11.9 Å². The lowest BCUT2D eigenvalue weighted by molar-refractivity contribution is -0.118. The van der Waals surface area contributed by atoms with E-state index in [1.54, 1.807) is 17.8 Å². The molecule has 0 radical (unpaired) electrons. The molecule has 2 aromatic rings. The van der Waals surface area contributed by atoms with Gasteiger partial charge in [0.25, 0.3) is 0 Å². The summed E-state index contributed by atoms with van der Waals surface area (Å²) in [6, 6.07) is 7.99. The number of nitrogens with zero attached hydrogens (tertiary/aromatic N) is 3. The standard InChI is InChI=1S/C15H19N5O/c1-10-5-7-13(8-6-10)17-15-18-14(20(4)19-15)9-11(2)16-12(3)21/h5-9H,1-4H3,(H,16,21)(H,17,19)/b11-9+. The summed E-state index contributed by atoms with van der Waals surface area (Å²) >= 11 is 0. The zero-order valence-corrected chi connectivity index (χ0v) is 12.6. The molecule has 2 rings (SSSR count). The van der Waals surface area contributed by atoms with Crippen molar-refractivity contribution in [1.29, 1.82) is 0 Å². The normalized spacial score (nSPS) is 11.3. The van der Waals surface area contributed by atoms with Gasteiger partial charge in [0.1, 0.15) is 0 Å². The van der Waals surface area contributed by atoms with E-state index in [0.717, 1.165) is 11.4 Å². The second-order valence-electron chi connectivity index (χ2n) is 4.92. The number of amides is 1. The lowest BCUT2D eigenvalue weighted by atomic mass is 10.2. The van der Waals surface area contributed by atoms with Gasteiger partial charge in [0.15, 0.2) is 5.82 Å². The van der Waals surface area contributed by atoms with Gasteiger partial charge in [-0.05, 0) is 26.0 Å². The average molecular weight is 285 g/mol. The Bertz CT molecular complexity index is 670. The lowest BCUT2D eigenvalue weighted by Crippen LogP contribution is -2.17. The quantitative estimate of drug-likeness (QED) is 0.904. The van der Waals surface area contributed by atoms with Crippen LogP contribution >= 0.6 is 0 Å². The Labute approximate surface area is 123 Å². The van der Waals surface area contributed by atoms with E-state index in [9.17, 15) is 4.79 Å². The number of anilines is 2.